The fourth-order valence-electron chi connectivity index (χ4n) is 5.86. The number of carbonyl (C=O) groups is 1. The summed E-state index contributed by atoms with van der Waals surface area (Å²) < 4.78 is 41.7. The Balaban J connectivity index is 1.33. The van der Waals surface area contributed by atoms with Crippen molar-refractivity contribution in [2.24, 2.45) is 0 Å². The predicted molar refractivity (Wildman–Crippen MR) is 138 cm³/mol. The van der Waals surface area contributed by atoms with Crippen molar-refractivity contribution < 1.29 is 18.0 Å². The lowest BCUT2D eigenvalue weighted by atomic mass is 9.89. The molecule has 10 heteroatoms. The van der Waals surface area contributed by atoms with Crippen LogP contribution in [0.1, 0.15) is 66.7 Å². The zero-order chi connectivity index (χ0) is 26.4. The van der Waals surface area contributed by atoms with Gasteiger partial charge in [-0.1, -0.05) is 37.5 Å². The molecule has 2 aromatic carbocycles. The minimum atomic E-state index is -4.50. The standard InChI is InChI=1S/C28H29F3N6O/c1-18-17-35(14-15-36(18)26(38)20-10-7-11-21(16-20)28(29,30)31)27-32-23-13-6-5-12-22(23)25-34-33-24(37(25)27)19-8-3-2-4-9-19/h5-7,10-13,16,18-19H,2-4,8-9,14-15,17H2,1H3/t18-/m1/s1. The summed E-state index contributed by atoms with van der Waals surface area (Å²) in [7, 11) is 0. The molecule has 1 atom stereocenters. The third kappa shape index (κ3) is 4.35. The first kappa shape index (κ1) is 24.6. The van der Waals surface area contributed by atoms with Crippen LogP contribution < -0.4 is 4.90 Å². The van der Waals surface area contributed by atoms with E-state index >= 15 is 0 Å². The van der Waals surface area contributed by atoms with E-state index < -0.39 is 17.6 Å². The van der Waals surface area contributed by atoms with Crippen molar-refractivity contribution in [3.63, 3.8) is 0 Å². The Morgan fingerprint density at radius 2 is 1.76 bits per heavy atom. The second-order valence-electron chi connectivity index (χ2n) is 10.4. The molecule has 2 fully saturated rings. The Bertz CT molecular complexity index is 1490. The number of carbonyl (C=O) groups excluding carboxylic acids is 1. The fraction of sp³-hybridized carbons (Fsp3) is 0.429. The molecule has 3 heterocycles. The maximum atomic E-state index is 13.2. The molecule has 1 saturated heterocycles. The number of alkyl halides is 3. The lowest BCUT2D eigenvalue weighted by Gasteiger charge is -2.40. The third-order valence-corrected chi connectivity index (χ3v) is 7.83. The summed E-state index contributed by atoms with van der Waals surface area (Å²) in [5.74, 6) is 1.61. The van der Waals surface area contributed by atoms with Gasteiger partial charge in [0.15, 0.2) is 5.65 Å². The van der Waals surface area contributed by atoms with E-state index in [1.807, 2.05) is 31.2 Å². The summed E-state index contributed by atoms with van der Waals surface area (Å²) in [6, 6.07) is 12.3. The average molecular weight is 523 g/mol. The summed E-state index contributed by atoms with van der Waals surface area (Å²) in [5, 5.41) is 10.2. The number of nitrogens with zero attached hydrogens (tertiary/aromatic N) is 6. The number of anilines is 1. The molecule has 2 aromatic heterocycles. The Kier molecular flexibility index (Phi) is 6.20. The first-order valence-electron chi connectivity index (χ1n) is 13.2. The molecule has 1 amide bonds. The molecule has 2 aliphatic rings. The van der Waals surface area contributed by atoms with Crippen LogP contribution in [-0.2, 0) is 6.18 Å². The van der Waals surface area contributed by atoms with Crippen LogP contribution in [-0.4, -0.2) is 56.1 Å². The highest BCUT2D eigenvalue weighted by Crippen LogP contribution is 2.35. The molecule has 1 aliphatic carbocycles. The van der Waals surface area contributed by atoms with Gasteiger partial charge in [0.2, 0.25) is 5.95 Å². The number of rotatable bonds is 3. The lowest BCUT2D eigenvalue weighted by Crippen LogP contribution is -2.54. The molecule has 38 heavy (non-hydrogen) atoms. The molecule has 0 N–H and O–H groups in total. The largest absolute Gasteiger partial charge is 0.416 e. The van der Waals surface area contributed by atoms with Gasteiger partial charge in [0.25, 0.3) is 5.91 Å². The molecule has 1 saturated carbocycles. The van der Waals surface area contributed by atoms with Crippen LogP contribution >= 0.6 is 0 Å². The van der Waals surface area contributed by atoms with Crippen molar-refractivity contribution in [2.45, 2.75) is 57.2 Å². The molecule has 6 rings (SSSR count). The van der Waals surface area contributed by atoms with Crippen molar-refractivity contribution in [1.82, 2.24) is 24.5 Å². The minimum Gasteiger partial charge on any atom is -0.338 e. The van der Waals surface area contributed by atoms with Crippen LogP contribution in [0.2, 0.25) is 0 Å². The summed E-state index contributed by atoms with van der Waals surface area (Å²) in [6.45, 7) is 3.28. The number of amides is 1. The smallest absolute Gasteiger partial charge is 0.338 e. The fourth-order valence-corrected chi connectivity index (χ4v) is 5.86. The number of benzene rings is 2. The normalized spacial score (nSPS) is 19.4. The number of hydrogen-bond donors (Lipinski definition) is 0. The summed E-state index contributed by atoms with van der Waals surface area (Å²) >= 11 is 0. The molecule has 1 aliphatic heterocycles. The average Bonchev–Trinajstić information content (AvgIpc) is 3.38. The van der Waals surface area contributed by atoms with Crippen molar-refractivity contribution >= 4 is 28.4 Å². The summed E-state index contributed by atoms with van der Waals surface area (Å²) in [5.41, 5.74) is 0.832. The lowest BCUT2D eigenvalue weighted by molar-refractivity contribution is -0.137. The maximum absolute atomic E-state index is 13.2. The zero-order valence-electron chi connectivity index (χ0n) is 21.2. The van der Waals surface area contributed by atoms with Gasteiger partial charge in [0, 0.05) is 42.5 Å². The van der Waals surface area contributed by atoms with Crippen LogP contribution in [0.5, 0.6) is 0 Å². The minimum absolute atomic E-state index is 0.0461. The van der Waals surface area contributed by atoms with Crippen LogP contribution in [0.25, 0.3) is 16.6 Å². The SMILES string of the molecule is C[C@@H]1CN(c2nc3ccccc3c3nnc(C4CCCCC4)n23)CCN1C(=O)c1cccc(C(F)(F)F)c1. The van der Waals surface area contributed by atoms with E-state index in [1.165, 1.54) is 31.4 Å². The van der Waals surface area contributed by atoms with E-state index in [4.69, 9.17) is 4.98 Å². The zero-order valence-corrected chi connectivity index (χ0v) is 21.2. The molecular weight excluding hydrogens is 493 g/mol. The van der Waals surface area contributed by atoms with Gasteiger partial charge in [0.1, 0.15) is 5.82 Å². The van der Waals surface area contributed by atoms with Gasteiger partial charge in [-0.05, 0) is 50.1 Å². The van der Waals surface area contributed by atoms with Crippen molar-refractivity contribution in [1.29, 1.82) is 0 Å². The van der Waals surface area contributed by atoms with Crippen molar-refractivity contribution in [3.05, 3.63) is 65.5 Å². The second kappa shape index (κ2) is 9.56. The Labute approximate surface area is 218 Å². The van der Waals surface area contributed by atoms with Crippen LogP contribution in [0, 0.1) is 0 Å². The van der Waals surface area contributed by atoms with E-state index in [-0.39, 0.29) is 11.6 Å². The third-order valence-electron chi connectivity index (χ3n) is 7.83. The van der Waals surface area contributed by atoms with Gasteiger partial charge in [-0.15, -0.1) is 10.2 Å². The van der Waals surface area contributed by atoms with Gasteiger partial charge >= 0.3 is 6.18 Å². The number of piperazine rings is 1. The van der Waals surface area contributed by atoms with Gasteiger partial charge in [-0.25, -0.2) is 9.38 Å². The van der Waals surface area contributed by atoms with Crippen molar-refractivity contribution in [2.75, 3.05) is 24.5 Å². The maximum Gasteiger partial charge on any atom is 0.416 e. The number of fused-ring (bicyclic) bond motifs is 3. The number of halogens is 3. The number of hydrogen-bond acceptors (Lipinski definition) is 5. The molecule has 0 unspecified atom stereocenters. The van der Waals surface area contributed by atoms with E-state index in [0.717, 1.165) is 53.3 Å². The van der Waals surface area contributed by atoms with E-state index in [9.17, 15) is 18.0 Å². The van der Waals surface area contributed by atoms with Gasteiger partial charge in [-0.3, -0.25) is 4.79 Å². The molecule has 0 spiro atoms. The highest BCUT2D eigenvalue weighted by Gasteiger charge is 2.34. The quantitative estimate of drug-likeness (QED) is 0.346. The molecule has 0 radical (unpaired) electrons. The van der Waals surface area contributed by atoms with Crippen LogP contribution in [0.4, 0.5) is 19.1 Å². The van der Waals surface area contributed by atoms with Crippen LogP contribution in [0.3, 0.4) is 0 Å². The van der Waals surface area contributed by atoms with Crippen LogP contribution in [0.15, 0.2) is 48.5 Å². The molecule has 7 nitrogen and oxygen atoms in total. The highest BCUT2D eigenvalue weighted by molar-refractivity contribution is 5.95. The molecular formula is C28H29F3N6O. The summed E-state index contributed by atoms with van der Waals surface area (Å²) in [6.07, 6.45) is 1.22. The first-order chi connectivity index (χ1) is 18.3. The van der Waals surface area contributed by atoms with Gasteiger partial charge < -0.3 is 9.80 Å². The summed E-state index contributed by atoms with van der Waals surface area (Å²) in [4.78, 5) is 22.1. The Morgan fingerprint density at radius 1 is 0.974 bits per heavy atom. The first-order valence-corrected chi connectivity index (χ1v) is 13.2. The monoisotopic (exact) mass is 522 g/mol. The predicted octanol–water partition coefficient (Wildman–Crippen LogP) is 5.69. The Morgan fingerprint density at radius 3 is 2.53 bits per heavy atom. The topological polar surface area (TPSA) is 66.6 Å². The highest BCUT2D eigenvalue weighted by atomic mass is 19.4. The number of aromatic nitrogens is 4. The Hall–Kier alpha value is -3.69. The van der Waals surface area contributed by atoms with E-state index in [2.05, 4.69) is 19.5 Å². The molecule has 198 valence electrons. The molecule has 0 bridgehead atoms. The second-order valence-corrected chi connectivity index (χ2v) is 10.4. The van der Waals surface area contributed by atoms with Gasteiger partial charge in [-0.2, -0.15) is 13.2 Å². The molecule has 4 aromatic rings. The van der Waals surface area contributed by atoms with E-state index in [0.29, 0.717) is 25.6 Å². The number of para-hydroxylation sites is 1. The van der Waals surface area contributed by atoms with E-state index in [1.54, 1.807) is 4.90 Å². The van der Waals surface area contributed by atoms with Crippen molar-refractivity contribution in [3.8, 4) is 0 Å². The van der Waals surface area contributed by atoms with Gasteiger partial charge in [0.05, 0.1) is 11.1 Å².